The van der Waals surface area contributed by atoms with Crippen LogP contribution in [-0.4, -0.2) is 83.3 Å². The van der Waals surface area contributed by atoms with Crippen LogP contribution in [0.5, 0.6) is 11.5 Å². The van der Waals surface area contributed by atoms with Crippen molar-refractivity contribution in [2.75, 3.05) is 56.7 Å². The van der Waals surface area contributed by atoms with Gasteiger partial charge in [-0.1, -0.05) is 6.07 Å². The highest BCUT2D eigenvalue weighted by Crippen LogP contribution is 2.33. The Balaban J connectivity index is 1.10. The Morgan fingerprint density at radius 2 is 1.82 bits per heavy atom. The van der Waals surface area contributed by atoms with Crippen molar-refractivity contribution in [3.63, 3.8) is 0 Å². The van der Waals surface area contributed by atoms with Gasteiger partial charge in [0.15, 0.2) is 0 Å². The van der Waals surface area contributed by atoms with E-state index in [4.69, 9.17) is 14.2 Å². The highest BCUT2D eigenvalue weighted by atomic mass is 16.5. The Labute approximate surface area is 258 Å². The first-order valence-electron chi connectivity index (χ1n) is 15.1. The van der Waals surface area contributed by atoms with Gasteiger partial charge in [0.25, 0.3) is 0 Å². The van der Waals surface area contributed by atoms with Crippen molar-refractivity contribution < 1.29 is 14.2 Å². The zero-order valence-electron chi connectivity index (χ0n) is 25.2. The topological polar surface area (TPSA) is 114 Å². The van der Waals surface area contributed by atoms with Gasteiger partial charge in [0.1, 0.15) is 23.7 Å². The molecule has 2 fully saturated rings. The van der Waals surface area contributed by atoms with E-state index in [1.54, 1.807) is 36.4 Å². The molecule has 0 radical (unpaired) electrons. The Kier molecular flexibility index (Phi) is 9.20. The highest BCUT2D eigenvalue weighted by Gasteiger charge is 2.26. The summed E-state index contributed by atoms with van der Waals surface area (Å²) in [7, 11) is 1.68. The van der Waals surface area contributed by atoms with Crippen LogP contribution in [0.2, 0.25) is 0 Å². The van der Waals surface area contributed by atoms with Crippen LogP contribution in [0.3, 0.4) is 0 Å². The molecule has 4 aromatic rings. The van der Waals surface area contributed by atoms with Gasteiger partial charge in [-0.2, -0.15) is 10.4 Å². The van der Waals surface area contributed by atoms with Gasteiger partial charge in [0, 0.05) is 74.3 Å². The lowest BCUT2D eigenvalue weighted by Crippen LogP contribution is -2.49. The monoisotopic (exact) mass is 594 g/mol. The molecule has 11 heteroatoms. The van der Waals surface area contributed by atoms with E-state index in [0.717, 1.165) is 80.5 Å². The summed E-state index contributed by atoms with van der Waals surface area (Å²) in [5.41, 5.74) is 4.09. The molecule has 1 N–H and O–H groups in total. The van der Waals surface area contributed by atoms with Gasteiger partial charge in [-0.15, -0.1) is 0 Å². The van der Waals surface area contributed by atoms with Gasteiger partial charge in [0.05, 0.1) is 38.1 Å². The number of rotatable bonds is 10. The van der Waals surface area contributed by atoms with Gasteiger partial charge >= 0.3 is 0 Å². The molecular formula is C33H38N8O3. The summed E-state index contributed by atoms with van der Waals surface area (Å²) < 4.78 is 19.2. The van der Waals surface area contributed by atoms with Crippen molar-refractivity contribution in [2.24, 2.45) is 0 Å². The fourth-order valence-electron chi connectivity index (χ4n) is 5.89. The lowest BCUT2D eigenvalue weighted by Gasteiger charge is -2.40. The van der Waals surface area contributed by atoms with Gasteiger partial charge in [-0.05, 0) is 55.7 Å². The summed E-state index contributed by atoms with van der Waals surface area (Å²) in [5.74, 6) is 1.72. The lowest BCUT2D eigenvalue weighted by molar-refractivity contribution is 0.0115. The van der Waals surface area contributed by atoms with Gasteiger partial charge < -0.3 is 24.4 Å². The smallest absolute Gasteiger partial charge is 0.227 e. The maximum atomic E-state index is 9.62. The molecule has 6 rings (SSSR count). The predicted molar refractivity (Wildman–Crippen MR) is 168 cm³/mol. The fourth-order valence-corrected chi connectivity index (χ4v) is 5.89. The summed E-state index contributed by atoms with van der Waals surface area (Å²) in [6, 6.07) is 16.4. The third-order valence-corrected chi connectivity index (χ3v) is 8.24. The average molecular weight is 595 g/mol. The Morgan fingerprint density at radius 3 is 2.52 bits per heavy atom. The van der Waals surface area contributed by atoms with Crippen LogP contribution in [-0.2, 0) is 11.3 Å². The number of anilines is 3. The summed E-state index contributed by atoms with van der Waals surface area (Å²) >= 11 is 0. The Hall–Kier alpha value is -4.66. The third-order valence-electron chi connectivity index (χ3n) is 8.24. The standard InChI is InChI=1S/C33H38N8O3/c1-24(23-41-11-3-10-37-41)44-31-18-25(4-5-26(31)20-34)27-21-35-33(36-22-27)38-30-7-6-29(19-32(30)42-2)39-12-8-28(9-13-39)40-14-16-43-17-15-40/h3-7,10-11,18-19,21-22,24,28H,8-9,12-17,23H2,1-2H3,(H,35,36,38)/t24-/m0/s1. The summed E-state index contributed by atoms with van der Waals surface area (Å²) in [4.78, 5) is 14.1. The van der Waals surface area contributed by atoms with Crippen molar-refractivity contribution >= 4 is 17.3 Å². The van der Waals surface area contributed by atoms with Crippen molar-refractivity contribution in [1.29, 1.82) is 5.26 Å². The van der Waals surface area contributed by atoms with E-state index in [-0.39, 0.29) is 6.10 Å². The molecule has 228 valence electrons. The molecule has 44 heavy (non-hydrogen) atoms. The molecule has 2 aromatic carbocycles. The number of piperidine rings is 1. The Bertz CT molecular complexity index is 1560. The van der Waals surface area contributed by atoms with E-state index in [9.17, 15) is 5.26 Å². The van der Waals surface area contributed by atoms with Crippen LogP contribution >= 0.6 is 0 Å². The second-order valence-corrected chi connectivity index (χ2v) is 11.2. The number of benzene rings is 2. The van der Waals surface area contributed by atoms with Crippen LogP contribution in [0.15, 0.2) is 67.3 Å². The molecule has 2 aromatic heterocycles. The number of ether oxygens (including phenoxy) is 3. The molecule has 0 spiro atoms. The lowest BCUT2D eigenvalue weighted by atomic mass is 10.0. The number of hydrogen-bond acceptors (Lipinski definition) is 10. The molecule has 2 aliphatic heterocycles. The van der Waals surface area contributed by atoms with Crippen LogP contribution in [0.4, 0.5) is 17.3 Å². The van der Waals surface area contributed by atoms with E-state index in [1.165, 1.54) is 0 Å². The zero-order valence-corrected chi connectivity index (χ0v) is 25.2. The SMILES string of the molecule is COc1cc(N2CCC(N3CCOCC3)CC2)ccc1Nc1ncc(-c2ccc(C#N)c(O[C@@H](C)Cn3cccn3)c2)cn1. The number of aromatic nitrogens is 4. The minimum Gasteiger partial charge on any atom is -0.494 e. The minimum absolute atomic E-state index is 0.177. The van der Waals surface area contributed by atoms with Gasteiger partial charge in [0.2, 0.25) is 5.95 Å². The van der Waals surface area contributed by atoms with Crippen LogP contribution in [0.1, 0.15) is 25.3 Å². The first-order valence-corrected chi connectivity index (χ1v) is 15.1. The maximum Gasteiger partial charge on any atom is 0.227 e. The van der Waals surface area contributed by atoms with E-state index in [2.05, 4.69) is 48.4 Å². The maximum absolute atomic E-state index is 9.62. The second kappa shape index (κ2) is 13.8. The van der Waals surface area contributed by atoms with Gasteiger partial charge in [-0.25, -0.2) is 9.97 Å². The normalized spacial score (nSPS) is 16.7. The number of hydrogen-bond donors (Lipinski definition) is 1. The summed E-state index contributed by atoms with van der Waals surface area (Å²) in [6.45, 7) is 8.34. The number of nitrogens with one attached hydrogen (secondary N) is 1. The molecule has 0 saturated carbocycles. The molecular weight excluding hydrogens is 556 g/mol. The third kappa shape index (κ3) is 6.93. The van der Waals surface area contributed by atoms with E-state index < -0.39 is 0 Å². The van der Waals surface area contributed by atoms with E-state index in [1.807, 2.05) is 37.4 Å². The largest absolute Gasteiger partial charge is 0.494 e. The van der Waals surface area contributed by atoms with Crippen LogP contribution in [0.25, 0.3) is 11.1 Å². The number of methoxy groups -OCH3 is 1. The average Bonchev–Trinajstić information content (AvgIpc) is 3.58. The first kappa shape index (κ1) is 29.4. The first-order chi connectivity index (χ1) is 21.6. The predicted octanol–water partition coefficient (Wildman–Crippen LogP) is 4.73. The van der Waals surface area contributed by atoms with Crippen LogP contribution < -0.4 is 19.7 Å². The second-order valence-electron chi connectivity index (χ2n) is 11.2. The molecule has 2 aliphatic rings. The van der Waals surface area contributed by atoms with Crippen molar-refractivity contribution in [3.8, 4) is 28.7 Å². The molecule has 4 heterocycles. The van der Waals surface area contributed by atoms with E-state index in [0.29, 0.717) is 29.8 Å². The molecule has 1 atom stereocenters. The quantitative estimate of drug-likeness (QED) is 0.276. The number of nitriles is 1. The highest BCUT2D eigenvalue weighted by molar-refractivity contribution is 5.70. The molecule has 0 amide bonds. The van der Waals surface area contributed by atoms with Crippen molar-refractivity contribution in [3.05, 3.63) is 72.8 Å². The molecule has 2 saturated heterocycles. The zero-order chi connectivity index (χ0) is 30.3. The fraction of sp³-hybridized carbons (Fsp3) is 0.394. The molecule has 0 aliphatic carbocycles. The molecule has 0 unspecified atom stereocenters. The number of morpholine rings is 1. The summed E-state index contributed by atoms with van der Waals surface area (Å²) in [6.07, 6.45) is 9.26. The number of nitrogens with zero attached hydrogens (tertiary/aromatic N) is 7. The van der Waals surface area contributed by atoms with Crippen molar-refractivity contribution in [2.45, 2.75) is 38.5 Å². The van der Waals surface area contributed by atoms with Crippen molar-refractivity contribution in [1.82, 2.24) is 24.6 Å². The minimum atomic E-state index is -0.177. The van der Waals surface area contributed by atoms with E-state index >= 15 is 0 Å². The summed E-state index contributed by atoms with van der Waals surface area (Å²) in [5, 5.41) is 17.2. The Morgan fingerprint density at radius 1 is 1.02 bits per heavy atom. The van der Waals surface area contributed by atoms with Gasteiger partial charge in [-0.3, -0.25) is 9.58 Å². The molecule has 11 nitrogen and oxygen atoms in total. The molecule has 0 bridgehead atoms. The van der Waals surface area contributed by atoms with Crippen LogP contribution in [0, 0.1) is 11.3 Å².